The average Bonchev–Trinajstić information content (AvgIpc) is 2.04. The van der Waals surface area contributed by atoms with Gasteiger partial charge in [-0.05, 0) is 20.3 Å². The second-order valence-corrected chi connectivity index (χ2v) is 3.87. The van der Waals surface area contributed by atoms with Gasteiger partial charge in [0.2, 0.25) is 0 Å². The first-order chi connectivity index (χ1) is 5.08. The summed E-state index contributed by atoms with van der Waals surface area (Å²) in [5.41, 5.74) is 0. The summed E-state index contributed by atoms with van der Waals surface area (Å²) < 4.78 is 0.684. The highest BCUT2D eigenvalue weighted by atomic mass is 79.9. The summed E-state index contributed by atoms with van der Waals surface area (Å²) in [6, 6.07) is 0. The first-order valence-electron chi connectivity index (χ1n) is 4.25. The van der Waals surface area contributed by atoms with Crippen molar-refractivity contribution in [3.05, 3.63) is 0 Å². The van der Waals surface area contributed by atoms with E-state index in [1.807, 2.05) is 0 Å². The fourth-order valence-corrected chi connectivity index (χ4v) is 1.13. The minimum atomic E-state index is 0.187. The van der Waals surface area contributed by atoms with E-state index in [1.165, 1.54) is 0 Å². The molecule has 0 radical (unpaired) electrons. The Morgan fingerprint density at radius 3 is 2.00 bits per heavy atom. The Morgan fingerprint density at radius 1 is 1.27 bits per heavy atom. The lowest BCUT2D eigenvalue weighted by molar-refractivity contribution is -1.09. The number of nitrogens with zero attached hydrogens (tertiary/aromatic N) is 1. The second kappa shape index (κ2) is 5.12. The molecule has 11 heavy (non-hydrogen) atoms. The molecule has 0 aliphatic carbocycles. The monoisotopic (exact) mass is 224 g/mol. The molecule has 0 saturated carbocycles. The number of rotatable bonds is 5. The van der Waals surface area contributed by atoms with Gasteiger partial charge in [0.05, 0.1) is 7.05 Å². The standard InChI is InChI=1S/C8H19BrNO/c1-5-8(9)11-10(4,6-2)7-3/h8H,5-7H2,1-4H3/q+1. The Bertz CT molecular complexity index is 104. The third kappa shape index (κ3) is 4.09. The van der Waals surface area contributed by atoms with Crippen LogP contribution in [-0.2, 0) is 4.84 Å². The predicted molar refractivity (Wildman–Crippen MR) is 51.4 cm³/mol. The van der Waals surface area contributed by atoms with Gasteiger partial charge in [0.25, 0.3) is 0 Å². The Kier molecular flexibility index (Phi) is 5.30. The van der Waals surface area contributed by atoms with Crippen LogP contribution in [0, 0.1) is 0 Å². The van der Waals surface area contributed by atoms with Crippen LogP contribution in [0.5, 0.6) is 0 Å². The molecule has 0 spiro atoms. The molecule has 2 nitrogen and oxygen atoms in total. The van der Waals surface area contributed by atoms with Crippen molar-refractivity contribution in [1.82, 2.24) is 0 Å². The van der Waals surface area contributed by atoms with Gasteiger partial charge in [-0.3, -0.25) is 0 Å². The number of hydroxylamine groups is 3. The molecule has 0 amide bonds. The van der Waals surface area contributed by atoms with Crippen molar-refractivity contribution >= 4 is 15.9 Å². The zero-order valence-corrected chi connectivity index (χ0v) is 9.52. The van der Waals surface area contributed by atoms with Crippen molar-refractivity contribution in [3.63, 3.8) is 0 Å². The molecule has 0 heterocycles. The summed E-state index contributed by atoms with van der Waals surface area (Å²) in [4.78, 5) is 5.74. The summed E-state index contributed by atoms with van der Waals surface area (Å²) in [6.45, 7) is 8.41. The van der Waals surface area contributed by atoms with Gasteiger partial charge in [-0.15, -0.1) is 0 Å². The van der Waals surface area contributed by atoms with Crippen LogP contribution in [0.4, 0.5) is 0 Å². The van der Waals surface area contributed by atoms with Gasteiger partial charge < -0.3 is 0 Å². The van der Waals surface area contributed by atoms with E-state index in [2.05, 4.69) is 43.7 Å². The smallest absolute Gasteiger partial charge is 0.171 e. The maximum atomic E-state index is 5.74. The maximum Gasteiger partial charge on any atom is 0.171 e. The molecule has 0 aromatic rings. The van der Waals surface area contributed by atoms with Crippen molar-refractivity contribution in [2.24, 2.45) is 0 Å². The lowest BCUT2D eigenvalue weighted by Crippen LogP contribution is -2.45. The number of hydrogen-bond acceptors (Lipinski definition) is 1. The first kappa shape index (κ1) is 11.4. The molecule has 0 saturated heterocycles. The lowest BCUT2D eigenvalue weighted by Gasteiger charge is -2.30. The van der Waals surface area contributed by atoms with E-state index in [0.717, 1.165) is 19.5 Å². The molecular weight excluding hydrogens is 206 g/mol. The number of halogens is 1. The average molecular weight is 225 g/mol. The van der Waals surface area contributed by atoms with Crippen LogP contribution in [0.1, 0.15) is 27.2 Å². The molecule has 1 atom stereocenters. The Balaban J connectivity index is 3.86. The van der Waals surface area contributed by atoms with Crippen LogP contribution in [0.15, 0.2) is 0 Å². The lowest BCUT2D eigenvalue weighted by atomic mass is 10.5. The van der Waals surface area contributed by atoms with E-state index < -0.39 is 0 Å². The molecule has 0 aliphatic rings. The van der Waals surface area contributed by atoms with Crippen LogP contribution in [-0.4, -0.2) is 29.8 Å². The van der Waals surface area contributed by atoms with Gasteiger partial charge in [-0.2, -0.15) is 9.48 Å². The summed E-state index contributed by atoms with van der Waals surface area (Å²) in [5, 5.41) is 0.187. The Morgan fingerprint density at radius 2 is 1.73 bits per heavy atom. The molecule has 0 fully saturated rings. The Labute approximate surface area is 78.2 Å². The van der Waals surface area contributed by atoms with Gasteiger partial charge in [-0.25, -0.2) is 0 Å². The fourth-order valence-electron chi connectivity index (χ4n) is 0.723. The largest absolute Gasteiger partial charge is 0.188 e. The number of hydrogen-bond donors (Lipinski definition) is 0. The summed E-state index contributed by atoms with van der Waals surface area (Å²) in [6.07, 6.45) is 1.01. The fraction of sp³-hybridized carbons (Fsp3) is 1.00. The normalized spacial score (nSPS) is 15.0. The van der Waals surface area contributed by atoms with Crippen molar-refractivity contribution in [1.29, 1.82) is 0 Å². The maximum absolute atomic E-state index is 5.74. The predicted octanol–water partition coefficient (Wildman–Crippen LogP) is 2.54. The minimum Gasteiger partial charge on any atom is -0.188 e. The van der Waals surface area contributed by atoms with Gasteiger partial charge >= 0.3 is 0 Å². The quantitative estimate of drug-likeness (QED) is 0.397. The van der Waals surface area contributed by atoms with Crippen LogP contribution < -0.4 is 0 Å². The topological polar surface area (TPSA) is 9.23 Å². The molecule has 0 bridgehead atoms. The van der Waals surface area contributed by atoms with Crippen molar-refractivity contribution in [3.8, 4) is 0 Å². The van der Waals surface area contributed by atoms with E-state index in [0.29, 0.717) is 4.65 Å². The van der Waals surface area contributed by atoms with Crippen LogP contribution in [0.25, 0.3) is 0 Å². The number of alkyl halides is 1. The van der Waals surface area contributed by atoms with Crippen molar-refractivity contribution < 1.29 is 9.48 Å². The highest BCUT2D eigenvalue weighted by molar-refractivity contribution is 9.09. The Hall–Kier alpha value is 0.400. The zero-order chi connectivity index (χ0) is 8.91. The van der Waals surface area contributed by atoms with E-state index in [9.17, 15) is 0 Å². The second-order valence-electron chi connectivity index (χ2n) is 2.85. The van der Waals surface area contributed by atoms with Crippen molar-refractivity contribution in [2.75, 3.05) is 20.1 Å². The summed E-state index contributed by atoms with van der Waals surface area (Å²) >= 11 is 3.46. The first-order valence-corrected chi connectivity index (χ1v) is 5.16. The molecule has 1 unspecified atom stereocenters. The zero-order valence-electron chi connectivity index (χ0n) is 7.93. The summed E-state index contributed by atoms with van der Waals surface area (Å²) in [7, 11) is 2.10. The third-order valence-corrected chi connectivity index (χ3v) is 2.84. The number of quaternary nitrogens is 1. The van der Waals surface area contributed by atoms with E-state index in [1.54, 1.807) is 0 Å². The summed E-state index contributed by atoms with van der Waals surface area (Å²) in [5.74, 6) is 0. The molecule has 0 aromatic carbocycles. The van der Waals surface area contributed by atoms with Gasteiger partial charge in [0.1, 0.15) is 13.1 Å². The molecule has 0 aliphatic heterocycles. The van der Waals surface area contributed by atoms with Crippen LogP contribution in [0.3, 0.4) is 0 Å². The third-order valence-electron chi connectivity index (χ3n) is 2.03. The highest BCUT2D eigenvalue weighted by Gasteiger charge is 2.21. The molecular formula is C8H19BrNO+. The molecule has 0 rings (SSSR count). The van der Waals surface area contributed by atoms with Gasteiger partial charge in [-0.1, -0.05) is 22.9 Å². The van der Waals surface area contributed by atoms with E-state index in [-0.39, 0.29) is 5.01 Å². The van der Waals surface area contributed by atoms with Crippen LogP contribution >= 0.6 is 15.9 Å². The highest BCUT2D eigenvalue weighted by Crippen LogP contribution is 2.13. The molecule has 0 aromatic heterocycles. The van der Waals surface area contributed by atoms with Gasteiger partial charge in [0, 0.05) is 0 Å². The van der Waals surface area contributed by atoms with E-state index in [4.69, 9.17) is 4.84 Å². The van der Waals surface area contributed by atoms with E-state index >= 15 is 0 Å². The molecule has 0 N–H and O–H groups in total. The molecule has 3 heteroatoms. The van der Waals surface area contributed by atoms with Crippen LogP contribution in [0.2, 0.25) is 0 Å². The van der Waals surface area contributed by atoms with Crippen molar-refractivity contribution in [2.45, 2.75) is 32.2 Å². The minimum absolute atomic E-state index is 0.187. The van der Waals surface area contributed by atoms with Gasteiger partial charge in [0.15, 0.2) is 5.01 Å². The molecule has 68 valence electrons. The SMILES string of the molecule is CCC(Br)O[N+](C)(CC)CC.